The van der Waals surface area contributed by atoms with E-state index in [1.807, 2.05) is 26.8 Å². The minimum absolute atomic E-state index is 0.263. The lowest BCUT2D eigenvalue weighted by atomic mass is 9.93. The standard InChI is InChI=1S/C14H20ClN3O2/c1-14(2,3)20-13(19)18-7-10(8-18)9-4-11(15)12(5-16)17-6-9/h4,6,10H,5,7-8,16H2,1-3H3. The molecule has 0 atom stereocenters. The molecule has 0 aliphatic carbocycles. The van der Waals surface area contributed by atoms with Crippen molar-refractivity contribution in [1.29, 1.82) is 0 Å². The number of nitrogens with two attached hydrogens (primary N) is 1. The maximum atomic E-state index is 11.8. The topological polar surface area (TPSA) is 68.5 Å². The van der Waals surface area contributed by atoms with Crippen molar-refractivity contribution in [1.82, 2.24) is 9.88 Å². The molecule has 1 aliphatic rings. The Labute approximate surface area is 124 Å². The van der Waals surface area contributed by atoms with Gasteiger partial charge in [0, 0.05) is 31.7 Å². The molecule has 0 bridgehead atoms. The molecule has 1 fully saturated rings. The average molecular weight is 298 g/mol. The fraction of sp³-hybridized carbons (Fsp3) is 0.571. The Morgan fingerprint density at radius 1 is 1.55 bits per heavy atom. The van der Waals surface area contributed by atoms with Crippen molar-refractivity contribution in [2.45, 2.75) is 38.8 Å². The minimum atomic E-state index is -0.462. The lowest BCUT2D eigenvalue weighted by Crippen LogP contribution is -2.50. The average Bonchev–Trinajstić information content (AvgIpc) is 2.24. The highest BCUT2D eigenvalue weighted by atomic mass is 35.5. The molecule has 5 nitrogen and oxygen atoms in total. The van der Waals surface area contributed by atoms with E-state index in [9.17, 15) is 4.79 Å². The van der Waals surface area contributed by atoms with Crippen LogP contribution in [0.4, 0.5) is 4.79 Å². The summed E-state index contributed by atoms with van der Waals surface area (Å²) >= 11 is 6.09. The monoisotopic (exact) mass is 297 g/mol. The van der Waals surface area contributed by atoms with Crippen LogP contribution in [0.15, 0.2) is 12.3 Å². The summed E-state index contributed by atoms with van der Waals surface area (Å²) in [4.78, 5) is 17.7. The smallest absolute Gasteiger partial charge is 0.410 e. The molecule has 1 saturated heterocycles. The highest BCUT2D eigenvalue weighted by Crippen LogP contribution is 2.30. The van der Waals surface area contributed by atoms with E-state index in [1.54, 1.807) is 11.1 Å². The first kappa shape index (κ1) is 15.1. The number of carbonyl (C=O) groups excluding carboxylic acids is 1. The first-order valence-corrected chi connectivity index (χ1v) is 7.00. The van der Waals surface area contributed by atoms with Crippen LogP contribution in [0.25, 0.3) is 0 Å². The van der Waals surface area contributed by atoms with Gasteiger partial charge >= 0.3 is 6.09 Å². The van der Waals surface area contributed by atoms with Crippen LogP contribution in [0.2, 0.25) is 5.02 Å². The Kier molecular flexibility index (Phi) is 4.20. The van der Waals surface area contributed by atoms with E-state index in [2.05, 4.69) is 4.98 Å². The number of nitrogens with zero attached hydrogens (tertiary/aromatic N) is 2. The largest absolute Gasteiger partial charge is 0.444 e. The molecule has 1 aromatic heterocycles. The third-order valence-corrected chi connectivity index (χ3v) is 3.46. The summed E-state index contributed by atoms with van der Waals surface area (Å²) in [6.45, 7) is 7.17. The van der Waals surface area contributed by atoms with Crippen LogP contribution < -0.4 is 5.73 Å². The Balaban J connectivity index is 1.93. The number of halogens is 1. The van der Waals surface area contributed by atoms with Crippen molar-refractivity contribution in [3.05, 3.63) is 28.5 Å². The molecule has 0 spiro atoms. The van der Waals surface area contributed by atoms with Crippen molar-refractivity contribution in [3.63, 3.8) is 0 Å². The van der Waals surface area contributed by atoms with Crippen molar-refractivity contribution < 1.29 is 9.53 Å². The van der Waals surface area contributed by atoms with Gasteiger partial charge < -0.3 is 15.4 Å². The number of carbonyl (C=O) groups is 1. The molecule has 2 rings (SSSR count). The van der Waals surface area contributed by atoms with Gasteiger partial charge in [0.15, 0.2) is 0 Å². The molecule has 6 heteroatoms. The fourth-order valence-corrected chi connectivity index (χ4v) is 2.27. The number of pyridine rings is 1. The second-order valence-electron chi connectivity index (χ2n) is 5.98. The van der Waals surface area contributed by atoms with Crippen LogP contribution in [-0.4, -0.2) is 34.7 Å². The van der Waals surface area contributed by atoms with Gasteiger partial charge in [-0.25, -0.2) is 4.79 Å². The normalized spacial score (nSPS) is 15.9. The van der Waals surface area contributed by atoms with Crippen LogP contribution in [0.5, 0.6) is 0 Å². The highest BCUT2D eigenvalue weighted by molar-refractivity contribution is 6.31. The van der Waals surface area contributed by atoms with E-state index >= 15 is 0 Å². The van der Waals surface area contributed by atoms with Gasteiger partial charge in [0.2, 0.25) is 0 Å². The van der Waals surface area contributed by atoms with Crippen LogP contribution in [0.3, 0.4) is 0 Å². The van der Waals surface area contributed by atoms with Gasteiger partial charge in [0.1, 0.15) is 5.60 Å². The number of aromatic nitrogens is 1. The molecule has 0 aromatic carbocycles. The predicted molar refractivity (Wildman–Crippen MR) is 77.7 cm³/mol. The maximum Gasteiger partial charge on any atom is 0.410 e. The van der Waals surface area contributed by atoms with Crippen molar-refractivity contribution in [2.24, 2.45) is 5.73 Å². The summed E-state index contributed by atoms with van der Waals surface area (Å²) < 4.78 is 5.31. The third kappa shape index (κ3) is 3.41. The number of ether oxygens (including phenoxy) is 1. The summed E-state index contributed by atoms with van der Waals surface area (Å²) in [5, 5.41) is 0.584. The molecule has 1 amide bonds. The minimum Gasteiger partial charge on any atom is -0.444 e. The molecule has 0 saturated carbocycles. The highest BCUT2D eigenvalue weighted by Gasteiger charge is 2.34. The molecule has 2 N–H and O–H groups in total. The summed E-state index contributed by atoms with van der Waals surface area (Å²) in [7, 11) is 0. The first-order chi connectivity index (χ1) is 9.30. The van der Waals surface area contributed by atoms with Gasteiger partial charge in [0.05, 0.1) is 10.7 Å². The molecular formula is C14H20ClN3O2. The number of likely N-dealkylation sites (tertiary alicyclic amines) is 1. The molecule has 20 heavy (non-hydrogen) atoms. The number of amides is 1. The summed E-state index contributed by atoms with van der Waals surface area (Å²) in [5.41, 5.74) is 6.79. The van der Waals surface area contributed by atoms with Crippen LogP contribution in [0.1, 0.15) is 37.9 Å². The van der Waals surface area contributed by atoms with E-state index in [4.69, 9.17) is 22.1 Å². The number of hydrogen-bond acceptors (Lipinski definition) is 4. The van der Waals surface area contributed by atoms with Gasteiger partial charge in [-0.3, -0.25) is 4.98 Å². The molecular weight excluding hydrogens is 278 g/mol. The second kappa shape index (κ2) is 5.58. The SMILES string of the molecule is CC(C)(C)OC(=O)N1CC(c2cnc(CN)c(Cl)c2)C1. The lowest BCUT2D eigenvalue weighted by Gasteiger charge is -2.40. The first-order valence-electron chi connectivity index (χ1n) is 6.62. The van der Waals surface area contributed by atoms with Crippen LogP contribution >= 0.6 is 11.6 Å². The lowest BCUT2D eigenvalue weighted by molar-refractivity contribution is 0.00817. The molecule has 1 aromatic rings. The van der Waals surface area contributed by atoms with Gasteiger partial charge in [-0.15, -0.1) is 0 Å². The Morgan fingerprint density at radius 3 is 2.70 bits per heavy atom. The Bertz CT molecular complexity index is 508. The number of hydrogen-bond donors (Lipinski definition) is 1. The molecule has 0 unspecified atom stereocenters. The Morgan fingerprint density at radius 2 is 2.20 bits per heavy atom. The summed E-state index contributed by atoms with van der Waals surface area (Å²) in [6.07, 6.45) is 1.51. The predicted octanol–water partition coefficient (Wildman–Crippen LogP) is 2.53. The van der Waals surface area contributed by atoms with Crippen molar-refractivity contribution >= 4 is 17.7 Å². The van der Waals surface area contributed by atoms with Gasteiger partial charge in [-0.1, -0.05) is 11.6 Å². The quantitative estimate of drug-likeness (QED) is 0.911. The molecule has 1 aliphatic heterocycles. The Hall–Kier alpha value is -1.33. The zero-order valence-electron chi connectivity index (χ0n) is 12.0. The van der Waals surface area contributed by atoms with Gasteiger partial charge in [-0.05, 0) is 32.4 Å². The summed E-state index contributed by atoms with van der Waals surface area (Å²) in [6, 6.07) is 1.88. The van der Waals surface area contributed by atoms with Gasteiger partial charge in [0.25, 0.3) is 0 Å². The van der Waals surface area contributed by atoms with E-state index in [1.165, 1.54) is 0 Å². The number of rotatable bonds is 2. The summed E-state index contributed by atoms with van der Waals surface area (Å²) in [5.74, 6) is 0.263. The van der Waals surface area contributed by atoms with Crippen molar-refractivity contribution in [2.75, 3.05) is 13.1 Å². The second-order valence-corrected chi connectivity index (χ2v) is 6.39. The van der Waals surface area contributed by atoms with E-state index in [0.29, 0.717) is 30.4 Å². The van der Waals surface area contributed by atoms with Crippen LogP contribution in [0, 0.1) is 0 Å². The molecule has 0 radical (unpaired) electrons. The zero-order valence-corrected chi connectivity index (χ0v) is 12.8. The van der Waals surface area contributed by atoms with Crippen LogP contribution in [-0.2, 0) is 11.3 Å². The van der Waals surface area contributed by atoms with E-state index < -0.39 is 5.60 Å². The molecule has 2 heterocycles. The van der Waals surface area contributed by atoms with Gasteiger partial charge in [-0.2, -0.15) is 0 Å². The van der Waals surface area contributed by atoms with E-state index in [-0.39, 0.29) is 12.0 Å². The van der Waals surface area contributed by atoms with E-state index in [0.717, 1.165) is 5.56 Å². The van der Waals surface area contributed by atoms with Crippen molar-refractivity contribution in [3.8, 4) is 0 Å². The fourth-order valence-electron chi connectivity index (χ4n) is 2.02. The maximum absolute atomic E-state index is 11.8. The third-order valence-electron chi connectivity index (χ3n) is 3.14. The molecule has 110 valence electrons. The zero-order chi connectivity index (χ0) is 14.9.